The van der Waals surface area contributed by atoms with Gasteiger partial charge >= 0.3 is 6.09 Å². The Labute approximate surface area is 203 Å². The largest absolute Gasteiger partial charge is 0.444 e. The van der Waals surface area contributed by atoms with Gasteiger partial charge in [0, 0.05) is 30.4 Å². The maximum atomic E-state index is 14.7. The molecule has 2 aliphatic heterocycles. The Kier molecular flexibility index (Phi) is 6.81. The van der Waals surface area contributed by atoms with Crippen molar-refractivity contribution in [3.05, 3.63) is 36.0 Å². The average molecular weight is 484 g/mol. The number of alkyl halides is 1. The lowest BCUT2D eigenvalue weighted by Crippen LogP contribution is -2.55. The minimum Gasteiger partial charge on any atom is -0.444 e. The first-order chi connectivity index (χ1) is 16.6. The molecule has 2 amide bonds. The van der Waals surface area contributed by atoms with Crippen LogP contribution in [0.2, 0.25) is 0 Å². The molecule has 2 saturated heterocycles. The molecule has 1 N–H and O–H groups in total. The minimum atomic E-state index is -1.41. The molecule has 35 heavy (non-hydrogen) atoms. The summed E-state index contributed by atoms with van der Waals surface area (Å²) in [5.74, 6) is -0.434. The Morgan fingerprint density at radius 1 is 1.23 bits per heavy atom. The molecule has 1 aromatic heterocycles. The Morgan fingerprint density at radius 3 is 2.71 bits per heavy atom. The highest BCUT2D eigenvalue weighted by molar-refractivity contribution is 5.95. The van der Waals surface area contributed by atoms with E-state index < -0.39 is 35.9 Å². The molecule has 0 spiro atoms. The lowest BCUT2D eigenvalue weighted by atomic mass is 10.1. The van der Waals surface area contributed by atoms with Crippen molar-refractivity contribution in [2.45, 2.75) is 57.7 Å². The molecular formula is C25H30FN5O4. The summed E-state index contributed by atoms with van der Waals surface area (Å²) in [6.07, 6.45) is -1.46. The fourth-order valence-corrected chi connectivity index (χ4v) is 4.47. The SMILES string of the molecule is C[C@@H]1CN(c2ccc(C#N)c3ncccc23)CC(C(=O)N[C@H]2CN(C(=O)OC(C)(C)C)C[C@H]2F)O1. The molecule has 1 aromatic carbocycles. The maximum Gasteiger partial charge on any atom is 0.410 e. The van der Waals surface area contributed by atoms with E-state index in [-0.39, 0.29) is 25.7 Å². The third-order valence-corrected chi connectivity index (χ3v) is 5.99. The number of benzene rings is 1. The molecule has 2 aliphatic rings. The molecule has 2 fully saturated rings. The summed E-state index contributed by atoms with van der Waals surface area (Å²) in [7, 11) is 0. The number of morpholine rings is 1. The molecule has 0 radical (unpaired) electrons. The lowest BCUT2D eigenvalue weighted by Gasteiger charge is -2.38. The van der Waals surface area contributed by atoms with Gasteiger partial charge in [0.15, 0.2) is 6.10 Å². The Bertz CT molecular complexity index is 1160. The number of amides is 2. The Balaban J connectivity index is 1.46. The van der Waals surface area contributed by atoms with Crippen molar-refractivity contribution in [3.8, 4) is 6.07 Å². The standard InChI is InChI=1S/C25H30FN5O4/c1-15-11-30(20-8-7-16(10-27)22-17(20)6-5-9-28-22)14-21(34-15)23(32)29-19-13-31(12-18(19)26)24(33)35-25(2,3)4/h5-9,15,18-19,21H,11-14H2,1-4H3,(H,29,32)/t15-,18-,19+,21?/m1/s1. The van der Waals surface area contributed by atoms with Crippen LogP contribution >= 0.6 is 0 Å². The van der Waals surface area contributed by atoms with Crippen molar-refractivity contribution in [1.82, 2.24) is 15.2 Å². The topological polar surface area (TPSA) is 108 Å². The van der Waals surface area contributed by atoms with Crippen molar-refractivity contribution < 1.29 is 23.5 Å². The van der Waals surface area contributed by atoms with E-state index in [1.54, 1.807) is 39.1 Å². The number of halogens is 1. The van der Waals surface area contributed by atoms with E-state index in [1.807, 2.05) is 24.0 Å². The van der Waals surface area contributed by atoms with Gasteiger partial charge in [0.1, 0.15) is 17.8 Å². The number of carbonyl (C=O) groups excluding carboxylic acids is 2. The number of hydrogen-bond acceptors (Lipinski definition) is 7. The Morgan fingerprint density at radius 2 is 2.00 bits per heavy atom. The first kappa shape index (κ1) is 24.7. The second-order valence-corrected chi connectivity index (χ2v) is 10.0. The van der Waals surface area contributed by atoms with Gasteiger partial charge < -0.3 is 24.6 Å². The number of likely N-dealkylation sites (tertiary alicyclic amines) is 1. The molecule has 2 aromatic rings. The highest BCUT2D eigenvalue weighted by atomic mass is 19.1. The molecule has 0 saturated carbocycles. The van der Waals surface area contributed by atoms with Gasteiger partial charge in [-0.3, -0.25) is 9.78 Å². The fraction of sp³-hybridized carbons (Fsp3) is 0.520. The van der Waals surface area contributed by atoms with Gasteiger partial charge in [-0.2, -0.15) is 5.26 Å². The number of ether oxygens (including phenoxy) is 2. The van der Waals surface area contributed by atoms with E-state index in [4.69, 9.17) is 9.47 Å². The first-order valence-corrected chi connectivity index (χ1v) is 11.7. The van der Waals surface area contributed by atoms with Gasteiger partial charge in [-0.05, 0) is 52.0 Å². The second kappa shape index (κ2) is 9.66. The van der Waals surface area contributed by atoms with Gasteiger partial charge in [0.25, 0.3) is 5.91 Å². The van der Waals surface area contributed by atoms with Crippen LogP contribution in [-0.4, -0.2) is 78.1 Å². The number of anilines is 1. The third-order valence-electron chi connectivity index (χ3n) is 5.99. The predicted molar refractivity (Wildman–Crippen MR) is 128 cm³/mol. The van der Waals surface area contributed by atoms with Crippen LogP contribution in [0.5, 0.6) is 0 Å². The number of nitrogens with one attached hydrogen (secondary N) is 1. The highest BCUT2D eigenvalue weighted by Gasteiger charge is 2.40. The van der Waals surface area contributed by atoms with Crippen LogP contribution in [0.3, 0.4) is 0 Å². The summed E-state index contributed by atoms with van der Waals surface area (Å²) in [4.78, 5) is 33.0. The maximum absolute atomic E-state index is 14.7. The number of fused-ring (bicyclic) bond motifs is 1. The third kappa shape index (κ3) is 5.46. The van der Waals surface area contributed by atoms with Gasteiger partial charge in [-0.15, -0.1) is 0 Å². The molecule has 4 atom stereocenters. The predicted octanol–water partition coefficient (Wildman–Crippen LogP) is 2.77. The monoisotopic (exact) mass is 483 g/mol. The molecule has 3 heterocycles. The lowest BCUT2D eigenvalue weighted by molar-refractivity contribution is -0.138. The summed E-state index contributed by atoms with van der Waals surface area (Å²) >= 11 is 0. The number of rotatable bonds is 3. The number of pyridine rings is 1. The molecule has 1 unspecified atom stereocenters. The zero-order chi connectivity index (χ0) is 25.3. The second-order valence-electron chi connectivity index (χ2n) is 10.0. The number of hydrogen-bond donors (Lipinski definition) is 1. The highest BCUT2D eigenvalue weighted by Crippen LogP contribution is 2.30. The quantitative estimate of drug-likeness (QED) is 0.715. The zero-order valence-corrected chi connectivity index (χ0v) is 20.3. The van der Waals surface area contributed by atoms with Gasteiger partial charge in [-0.1, -0.05) is 0 Å². The molecule has 0 bridgehead atoms. The molecule has 10 heteroatoms. The molecular weight excluding hydrogens is 453 g/mol. The van der Waals surface area contributed by atoms with Gasteiger partial charge in [-0.25, -0.2) is 9.18 Å². The van der Waals surface area contributed by atoms with E-state index in [2.05, 4.69) is 16.4 Å². The smallest absolute Gasteiger partial charge is 0.410 e. The number of aromatic nitrogens is 1. The minimum absolute atomic E-state index is 0.0275. The number of nitrogens with zero attached hydrogens (tertiary/aromatic N) is 4. The van der Waals surface area contributed by atoms with E-state index >= 15 is 0 Å². The van der Waals surface area contributed by atoms with Crippen LogP contribution in [0.1, 0.15) is 33.3 Å². The van der Waals surface area contributed by atoms with E-state index in [0.29, 0.717) is 17.6 Å². The van der Waals surface area contributed by atoms with Crippen molar-refractivity contribution in [3.63, 3.8) is 0 Å². The Hall–Kier alpha value is -3.45. The van der Waals surface area contributed by atoms with Crippen LogP contribution in [-0.2, 0) is 14.3 Å². The number of carbonyl (C=O) groups is 2. The van der Waals surface area contributed by atoms with Crippen molar-refractivity contribution in [2.75, 3.05) is 31.1 Å². The van der Waals surface area contributed by atoms with Crippen LogP contribution in [0.15, 0.2) is 30.5 Å². The summed E-state index contributed by atoms with van der Waals surface area (Å²) in [6.45, 7) is 7.79. The fourth-order valence-electron chi connectivity index (χ4n) is 4.47. The molecule has 4 rings (SSSR count). The van der Waals surface area contributed by atoms with Gasteiger partial charge in [0.2, 0.25) is 0 Å². The first-order valence-electron chi connectivity index (χ1n) is 11.7. The molecule has 186 valence electrons. The van der Waals surface area contributed by atoms with Crippen molar-refractivity contribution >= 4 is 28.6 Å². The van der Waals surface area contributed by atoms with E-state index in [9.17, 15) is 19.2 Å². The van der Waals surface area contributed by atoms with Crippen LogP contribution in [0.4, 0.5) is 14.9 Å². The summed E-state index contributed by atoms with van der Waals surface area (Å²) in [6, 6.07) is 8.59. The zero-order valence-electron chi connectivity index (χ0n) is 20.3. The van der Waals surface area contributed by atoms with Crippen LogP contribution in [0.25, 0.3) is 10.9 Å². The van der Waals surface area contributed by atoms with Crippen LogP contribution in [0, 0.1) is 11.3 Å². The van der Waals surface area contributed by atoms with E-state index in [1.165, 1.54) is 4.90 Å². The van der Waals surface area contributed by atoms with Crippen molar-refractivity contribution in [2.24, 2.45) is 0 Å². The molecule has 9 nitrogen and oxygen atoms in total. The summed E-state index contributed by atoms with van der Waals surface area (Å²) in [5.41, 5.74) is 1.23. The summed E-state index contributed by atoms with van der Waals surface area (Å²) in [5, 5.41) is 13.0. The van der Waals surface area contributed by atoms with Gasteiger partial charge in [0.05, 0.1) is 36.3 Å². The van der Waals surface area contributed by atoms with E-state index in [0.717, 1.165) is 11.1 Å². The van der Waals surface area contributed by atoms with Crippen molar-refractivity contribution in [1.29, 1.82) is 5.26 Å². The van der Waals surface area contributed by atoms with Crippen LogP contribution < -0.4 is 10.2 Å². The molecule has 0 aliphatic carbocycles. The summed E-state index contributed by atoms with van der Waals surface area (Å²) < 4.78 is 25.9. The normalized spacial score (nSPS) is 24.8. The number of nitriles is 1. The average Bonchev–Trinajstić information content (AvgIpc) is 3.17.